The molecule has 0 aromatic heterocycles. The van der Waals surface area contributed by atoms with Crippen LogP contribution >= 0.6 is 10.7 Å². The summed E-state index contributed by atoms with van der Waals surface area (Å²) in [5, 5.41) is 0. The fourth-order valence-electron chi connectivity index (χ4n) is 2.56. The largest absolute Gasteiger partial charge is 0.312 e. The highest BCUT2D eigenvalue weighted by atomic mass is 35.7. The monoisotopic (exact) mass is 315 g/mol. The van der Waals surface area contributed by atoms with Crippen LogP contribution in [-0.4, -0.2) is 26.6 Å². The summed E-state index contributed by atoms with van der Waals surface area (Å²) in [6.45, 7) is 2.53. The lowest BCUT2D eigenvalue weighted by molar-refractivity contribution is -0.117. The number of carbonyl (C=O) groups excluding carboxylic acids is 1. The van der Waals surface area contributed by atoms with Crippen LogP contribution in [0.3, 0.4) is 0 Å². The van der Waals surface area contributed by atoms with Gasteiger partial charge in [0.1, 0.15) is 0 Å². The minimum Gasteiger partial charge on any atom is -0.312 e. The highest BCUT2D eigenvalue weighted by Gasteiger charge is 2.33. The second-order valence-electron chi connectivity index (χ2n) is 5.20. The molecule has 1 heterocycles. The maximum Gasteiger partial charge on any atom is 0.232 e. The van der Waals surface area contributed by atoms with Crippen LogP contribution in [0.4, 0.5) is 5.69 Å². The van der Waals surface area contributed by atoms with Crippen LogP contribution in [0.1, 0.15) is 25.3 Å². The predicted octanol–water partition coefficient (Wildman–Crippen LogP) is 2.56. The smallest absolute Gasteiger partial charge is 0.232 e. The van der Waals surface area contributed by atoms with E-state index in [1.807, 2.05) is 24.3 Å². The van der Waals surface area contributed by atoms with Crippen LogP contribution in [0, 0.1) is 5.92 Å². The molecule has 2 rings (SSSR count). The summed E-state index contributed by atoms with van der Waals surface area (Å²) in [6, 6.07) is 7.86. The van der Waals surface area contributed by atoms with Gasteiger partial charge in [-0.3, -0.25) is 4.79 Å². The third-order valence-corrected chi connectivity index (χ3v) is 4.67. The Morgan fingerprint density at radius 3 is 2.50 bits per heavy atom. The standard InChI is InChI=1S/C14H18ClNO3S/c1-2-3-11-4-6-13(7-5-11)16-9-12(8-14(16)17)10-20(15,18)19/h4-7,12H,2-3,8-10H2,1H3. The van der Waals surface area contributed by atoms with Crippen molar-refractivity contribution < 1.29 is 13.2 Å². The van der Waals surface area contributed by atoms with Crippen molar-refractivity contribution in [1.29, 1.82) is 0 Å². The molecular weight excluding hydrogens is 298 g/mol. The van der Waals surface area contributed by atoms with Gasteiger partial charge in [0.25, 0.3) is 0 Å². The molecule has 1 saturated heterocycles. The molecule has 1 aliphatic heterocycles. The molecule has 0 saturated carbocycles. The van der Waals surface area contributed by atoms with Crippen LogP contribution in [0.25, 0.3) is 0 Å². The molecule has 1 aromatic carbocycles. The number of anilines is 1. The molecule has 1 aromatic rings. The van der Waals surface area contributed by atoms with Crippen LogP contribution in [0.2, 0.25) is 0 Å². The Kier molecular flexibility index (Phi) is 4.70. The van der Waals surface area contributed by atoms with Crippen LogP contribution in [-0.2, 0) is 20.3 Å². The van der Waals surface area contributed by atoms with Crippen LogP contribution < -0.4 is 4.90 Å². The molecule has 1 amide bonds. The average molecular weight is 316 g/mol. The van der Waals surface area contributed by atoms with Crippen molar-refractivity contribution in [2.75, 3.05) is 17.2 Å². The van der Waals surface area contributed by atoms with Gasteiger partial charge in [-0.05, 0) is 24.1 Å². The van der Waals surface area contributed by atoms with Gasteiger partial charge in [-0.2, -0.15) is 0 Å². The van der Waals surface area contributed by atoms with Crippen molar-refractivity contribution in [3.05, 3.63) is 29.8 Å². The van der Waals surface area contributed by atoms with Crippen molar-refractivity contribution in [2.45, 2.75) is 26.2 Å². The Balaban J connectivity index is 2.07. The third kappa shape index (κ3) is 3.96. The van der Waals surface area contributed by atoms with Gasteiger partial charge >= 0.3 is 0 Å². The van der Waals surface area contributed by atoms with E-state index in [0.29, 0.717) is 6.54 Å². The summed E-state index contributed by atoms with van der Waals surface area (Å²) in [5.41, 5.74) is 2.06. The number of benzene rings is 1. The number of nitrogens with zero attached hydrogens (tertiary/aromatic N) is 1. The molecular formula is C14H18ClNO3S. The Morgan fingerprint density at radius 2 is 1.95 bits per heavy atom. The number of hydrogen-bond acceptors (Lipinski definition) is 3. The zero-order chi connectivity index (χ0) is 14.8. The van der Waals surface area contributed by atoms with Gasteiger partial charge in [-0.15, -0.1) is 0 Å². The van der Waals surface area contributed by atoms with E-state index >= 15 is 0 Å². The normalized spacial score (nSPS) is 19.6. The molecule has 1 aliphatic rings. The molecule has 6 heteroatoms. The number of aryl methyl sites for hydroxylation is 1. The molecule has 0 aliphatic carbocycles. The molecule has 1 atom stereocenters. The van der Waals surface area contributed by atoms with E-state index in [0.717, 1.165) is 18.5 Å². The topological polar surface area (TPSA) is 54.5 Å². The summed E-state index contributed by atoms with van der Waals surface area (Å²) in [7, 11) is 1.70. The Labute approximate surface area is 124 Å². The number of rotatable bonds is 5. The Bertz CT molecular complexity index is 583. The van der Waals surface area contributed by atoms with Crippen molar-refractivity contribution in [3.63, 3.8) is 0 Å². The lowest BCUT2D eigenvalue weighted by Crippen LogP contribution is -2.25. The first kappa shape index (κ1) is 15.3. The number of hydrogen-bond donors (Lipinski definition) is 0. The first-order valence-electron chi connectivity index (χ1n) is 6.70. The maximum absolute atomic E-state index is 12.0. The number of amides is 1. The van der Waals surface area contributed by atoms with Crippen molar-refractivity contribution in [2.24, 2.45) is 5.92 Å². The summed E-state index contributed by atoms with van der Waals surface area (Å²) in [6.07, 6.45) is 2.33. The summed E-state index contributed by atoms with van der Waals surface area (Å²) < 4.78 is 22.2. The van der Waals surface area contributed by atoms with Gasteiger partial charge in [0.15, 0.2) is 0 Å². The molecule has 110 valence electrons. The van der Waals surface area contributed by atoms with E-state index in [-0.39, 0.29) is 24.0 Å². The van der Waals surface area contributed by atoms with E-state index in [1.54, 1.807) is 4.90 Å². The quantitative estimate of drug-likeness (QED) is 0.785. The van der Waals surface area contributed by atoms with Gasteiger partial charge < -0.3 is 4.90 Å². The van der Waals surface area contributed by atoms with E-state index in [1.165, 1.54) is 5.56 Å². The van der Waals surface area contributed by atoms with Gasteiger partial charge in [0.2, 0.25) is 15.0 Å². The lowest BCUT2D eigenvalue weighted by Gasteiger charge is -2.17. The zero-order valence-corrected chi connectivity index (χ0v) is 13.0. The minimum absolute atomic E-state index is 0.0430. The van der Waals surface area contributed by atoms with Crippen LogP contribution in [0.5, 0.6) is 0 Å². The molecule has 0 spiro atoms. The Hall–Kier alpha value is -1.07. The molecule has 0 N–H and O–H groups in total. The number of carbonyl (C=O) groups is 1. The molecule has 4 nitrogen and oxygen atoms in total. The molecule has 1 fully saturated rings. The Morgan fingerprint density at radius 1 is 1.30 bits per heavy atom. The highest BCUT2D eigenvalue weighted by Crippen LogP contribution is 2.27. The average Bonchev–Trinajstić information content (AvgIpc) is 2.69. The van der Waals surface area contributed by atoms with Crippen molar-refractivity contribution in [3.8, 4) is 0 Å². The van der Waals surface area contributed by atoms with E-state index in [4.69, 9.17) is 10.7 Å². The van der Waals surface area contributed by atoms with Gasteiger partial charge in [0, 0.05) is 35.3 Å². The fourth-order valence-corrected chi connectivity index (χ4v) is 3.88. The lowest BCUT2D eigenvalue weighted by atomic mass is 10.1. The summed E-state index contributed by atoms with van der Waals surface area (Å²) in [5.74, 6) is -0.413. The van der Waals surface area contributed by atoms with Gasteiger partial charge in [0.05, 0.1) is 5.75 Å². The predicted molar refractivity (Wildman–Crippen MR) is 80.5 cm³/mol. The maximum atomic E-state index is 12.0. The van der Waals surface area contributed by atoms with E-state index in [2.05, 4.69) is 6.92 Å². The van der Waals surface area contributed by atoms with Gasteiger partial charge in [-0.25, -0.2) is 8.42 Å². The summed E-state index contributed by atoms with van der Waals surface area (Å²) in [4.78, 5) is 13.6. The fraction of sp³-hybridized carbons (Fsp3) is 0.500. The first-order valence-corrected chi connectivity index (χ1v) is 9.18. The molecule has 0 radical (unpaired) electrons. The van der Waals surface area contributed by atoms with Crippen molar-refractivity contribution in [1.82, 2.24) is 0 Å². The second-order valence-corrected chi connectivity index (χ2v) is 8.02. The minimum atomic E-state index is -3.56. The molecule has 0 bridgehead atoms. The number of halogens is 1. The van der Waals surface area contributed by atoms with Crippen molar-refractivity contribution >= 4 is 31.3 Å². The third-order valence-electron chi connectivity index (χ3n) is 3.43. The van der Waals surface area contributed by atoms with Crippen LogP contribution in [0.15, 0.2) is 24.3 Å². The second kappa shape index (κ2) is 6.14. The molecule has 20 heavy (non-hydrogen) atoms. The zero-order valence-electron chi connectivity index (χ0n) is 11.4. The van der Waals surface area contributed by atoms with E-state index < -0.39 is 9.05 Å². The highest BCUT2D eigenvalue weighted by molar-refractivity contribution is 8.13. The SMILES string of the molecule is CCCc1ccc(N2CC(CS(=O)(=O)Cl)CC2=O)cc1. The molecule has 1 unspecified atom stereocenters. The first-order chi connectivity index (χ1) is 9.39. The summed E-state index contributed by atoms with van der Waals surface area (Å²) >= 11 is 0. The van der Waals surface area contributed by atoms with Gasteiger partial charge in [-0.1, -0.05) is 25.5 Å². The van der Waals surface area contributed by atoms with E-state index in [9.17, 15) is 13.2 Å².